The summed E-state index contributed by atoms with van der Waals surface area (Å²) < 4.78 is 10.3. The lowest BCUT2D eigenvalue weighted by molar-refractivity contribution is -0.140. The standard InChI is InChI=1S/C14H21N3O5/c1-8-5-6-9(15)11(16-8)21-7-10(12(18)19)17-13(20)22-14(2,3)4/h5-6,10H,7,15H2,1-4H3,(H,17,20)(H,18,19). The molecule has 1 aromatic heterocycles. The quantitative estimate of drug-likeness (QED) is 0.749. The molecule has 1 atom stereocenters. The predicted molar refractivity (Wildman–Crippen MR) is 79.7 cm³/mol. The smallest absolute Gasteiger partial charge is 0.408 e. The summed E-state index contributed by atoms with van der Waals surface area (Å²) in [6.45, 7) is 6.46. The molecular weight excluding hydrogens is 290 g/mol. The van der Waals surface area contributed by atoms with E-state index in [0.29, 0.717) is 5.69 Å². The minimum Gasteiger partial charge on any atom is -0.480 e. The molecule has 0 spiro atoms. The van der Waals surface area contributed by atoms with E-state index in [-0.39, 0.29) is 18.2 Å². The van der Waals surface area contributed by atoms with E-state index in [1.165, 1.54) is 0 Å². The SMILES string of the molecule is Cc1ccc(N)c(OCC(NC(=O)OC(C)(C)C)C(=O)O)n1. The number of carbonyl (C=O) groups excluding carboxylic acids is 1. The predicted octanol–water partition coefficient (Wildman–Crippen LogP) is 1.33. The summed E-state index contributed by atoms with van der Waals surface area (Å²) in [5.74, 6) is -1.13. The second-order valence-electron chi connectivity index (χ2n) is 5.70. The maximum atomic E-state index is 11.6. The molecule has 0 bridgehead atoms. The second kappa shape index (κ2) is 6.97. The third-order valence-corrected chi connectivity index (χ3v) is 2.40. The maximum Gasteiger partial charge on any atom is 0.408 e. The largest absolute Gasteiger partial charge is 0.480 e. The first kappa shape index (κ1) is 17.5. The number of rotatable bonds is 5. The molecule has 1 unspecified atom stereocenters. The Kier molecular flexibility index (Phi) is 5.56. The zero-order valence-corrected chi connectivity index (χ0v) is 13.0. The lowest BCUT2D eigenvalue weighted by atomic mass is 10.2. The van der Waals surface area contributed by atoms with Gasteiger partial charge in [0.1, 0.15) is 12.2 Å². The van der Waals surface area contributed by atoms with E-state index < -0.39 is 23.7 Å². The molecule has 1 rings (SSSR count). The van der Waals surface area contributed by atoms with Crippen LogP contribution < -0.4 is 15.8 Å². The number of aliphatic carboxylic acids is 1. The van der Waals surface area contributed by atoms with Gasteiger partial charge in [-0.15, -0.1) is 0 Å². The molecule has 1 heterocycles. The number of nitrogens with one attached hydrogen (secondary N) is 1. The molecule has 22 heavy (non-hydrogen) atoms. The van der Waals surface area contributed by atoms with Crippen LogP contribution in [-0.4, -0.2) is 40.4 Å². The fourth-order valence-corrected chi connectivity index (χ4v) is 1.45. The van der Waals surface area contributed by atoms with Crippen LogP contribution in [0.25, 0.3) is 0 Å². The van der Waals surface area contributed by atoms with Crippen molar-refractivity contribution in [1.82, 2.24) is 10.3 Å². The second-order valence-corrected chi connectivity index (χ2v) is 5.70. The number of alkyl carbamates (subject to hydrolysis) is 1. The highest BCUT2D eigenvalue weighted by Gasteiger charge is 2.25. The number of nitrogens with zero attached hydrogens (tertiary/aromatic N) is 1. The van der Waals surface area contributed by atoms with E-state index in [9.17, 15) is 9.59 Å². The van der Waals surface area contributed by atoms with Gasteiger partial charge in [-0.2, -0.15) is 0 Å². The number of hydrogen-bond acceptors (Lipinski definition) is 6. The number of ether oxygens (including phenoxy) is 2. The van der Waals surface area contributed by atoms with Gasteiger partial charge in [-0.3, -0.25) is 0 Å². The lowest BCUT2D eigenvalue weighted by Crippen LogP contribution is -2.46. The van der Waals surface area contributed by atoms with Gasteiger partial charge in [-0.05, 0) is 39.8 Å². The first-order valence-electron chi connectivity index (χ1n) is 6.67. The number of pyridine rings is 1. The van der Waals surface area contributed by atoms with Crippen molar-refractivity contribution >= 4 is 17.7 Å². The van der Waals surface area contributed by atoms with E-state index in [4.69, 9.17) is 20.3 Å². The third-order valence-electron chi connectivity index (χ3n) is 2.40. The summed E-state index contributed by atoms with van der Waals surface area (Å²) in [6.07, 6.45) is -0.839. The Morgan fingerprint density at radius 2 is 2.05 bits per heavy atom. The van der Waals surface area contributed by atoms with Crippen molar-refractivity contribution < 1.29 is 24.2 Å². The zero-order valence-electron chi connectivity index (χ0n) is 13.0. The molecule has 8 nitrogen and oxygen atoms in total. The number of nitrogen functional groups attached to an aromatic ring is 1. The van der Waals surface area contributed by atoms with Crippen LogP contribution >= 0.6 is 0 Å². The van der Waals surface area contributed by atoms with Crippen LogP contribution in [-0.2, 0) is 9.53 Å². The summed E-state index contributed by atoms with van der Waals surface area (Å²) in [6, 6.07) is 2.03. The Morgan fingerprint density at radius 3 is 2.59 bits per heavy atom. The third kappa shape index (κ3) is 5.86. The number of aromatic nitrogens is 1. The maximum absolute atomic E-state index is 11.6. The molecular formula is C14H21N3O5. The van der Waals surface area contributed by atoms with Crippen LogP contribution in [0.2, 0.25) is 0 Å². The van der Waals surface area contributed by atoms with Gasteiger partial charge in [0.15, 0.2) is 6.04 Å². The number of aryl methyl sites for hydroxylation is 1. The molecule has 1 amide bonds. The Bertz CT molecular complexity index is 554. The number of hydrogen-bond donors (Lipinski definition) is 3. The molecule has 122 valence electrons. The Balaban J connectivity index is 2.67. The van der Waals surface area contributed by atoms with E-state index in [1.54, 1.807) is 39.8 Å². The van der Waals surface area contributed by atoms with Gasteiger partial charge in [-0.25, -0.2) is 14.6 Å². The summed E-state index contributed by atoms with van der Waals surface area (Å²) in [7, 11) is 0. The molecule has 0 saturated heterocycles. The molecule has 0 aliphatic heterocycles. The number of amides is 1. The number of anilines is 1. The topological polar surface area (TPSA) is 124 Å². The molecule has 0 aliphatic rings. The number of nitrogens with two attached hydrogens (primary N) is 1. The fraction of sp³-hybridized carbons (Fsp3) is 0.500. The van der Waals surface area contributed by atoms with E-state index in [0.717, 1.165) is 0 Å². The van der Waals surface area contributed by atoms with Gasteiger partial charge in [0.2, 0.25) is 5.88 Å². The van der Waals surface area contributed by atoms with Gasteiger partial charge in [0.05, 0.1) is 5.69 Å². The monoisotopic (exact) mass is 311 g/mol. The van der Waals surface area contributed by atoms with Gasteiger partial charge in [0, 0.05) is 5.69 Å². The van der Waals surface area contributed by atoms with E-state index in [2.05, 4.69) is 10.3 Å². The van der Waals surface area contributed by atoms with Crippen molar-refractivity contribution in [3.8, 4) is 5.88 Å². The lowest BCUT2D eigenvalue weighted by Gasteiger charge is -2.22. The van der Waals surface area contributed by atoms with Crippen molar-refractivity contribution in [2.24, 2.45) is 0 Å². The normalized spacial score (nSPS) is 12.4. The molecule has 0 saturated carbocycles. The Labute approximate surface area is 128 Å². The molecule has 1 aromatic rings. The average molecular weight is 311 g/mol. The summed E-state index contributed by atoms with van der Waals surface area (Å²) in [5, 5.41) is 11.3. The van der Waals surface area contributed by atoms with Crippen LogP contribution in [0.3, 0.4) is 0 Å². The van der Waals surface area contributed by atoms with E-state index in [1.807, 2.05) is 0 Å². The molecule has 0 radical (unpaired) electrons. The van der Waals surface area contributed by atoms with Crippen molar-refractivity contribution in [3.05, 3.63) is 17.8 Å². The highest BCUT2D eigenvalue weighted by Crippen LogP contribution is 2.18. The van der Waals surface area contributed by atoms with Gasteiger partial charge < -0.3 is 25.6 Å². The summed E-state index contributed by atoms with van der Waals surface area (Å²) in [4.78, 5) is 26.8. The highest BCUT2D eigenvalue weighted by molar-refractivity contribution is 5.80. The average Bonchev–Trinajstić information content (AvgIpc) is 2.35. The zero-order chi connectivity index (χ0) is 16.9. The summed E-state index contributed by atoms with van der Waals surface area (Å²) in [5.41, 5.74) is 5.92. The molecule has 0 fully saturated rings. The van der Waals surface area contributed by atoms with Gasteiger partial charge in [-0.1, -0.05) is 0 Å². The van der Waals surface area contributed by atoms with Crippen LogP contribution in [0.5, 0.6) is 5.88 Å². The minimum atomic E-state index is -1.28. The van der Waals surface area contributed by atoms with E-state index >= 15 is 0 Å². The van der Waals surface area contributed by atoms with Crippen LogP contribution in [0.1, 0.15) is 26.5 Å². The molecule has 0 aromatic carbocycles. The van der Waals surface area contributed by atoms with Crippen molar-refractivity contribution in [2.75, 3.05) is 12.3 Å². The van der Waals surface area contributed by atoms with Crippen molar-refractivity contribution in [2.45, 2.75) is 39.3 Å². The molecule has 4 N–H and O–H groups in total. The first-order chi connectivity index (χ1) is 10.1. The Morgan fingerprint density at radius 1 is 1.41 bits per heavy atom. The van der Waals surface area contributed by atoms with Crippen LogP contribution in [0.4, 0.5) is 10.5 Å². The number of carboxylic acid groups (broad SMARTS) is 1. The Hall–Kier alpha value is -2.51. The molecule has 8 heteroatoms. The van der Waals surface area contributed by atoms with Crippen LogP contribution in [0, 0.1) is 6.92 Å². The van der Waals surface area contributed by atoms with Crippen LogP contribution in [0.15, 0.2) is 12.1 Å². The fourth-order valence-electron chi connectivity index (χ4n) is 1.45. The van der Waals surface area contributed by atoms with Crippen molar-refractivity contribution in [3.63, 3.8) is 0 Å². The van der Waals surface area contributed by atoms with Gasteiger partial charge in [0.25, 0.3) is 0 Å². The van der Waals surface area contributed by atoms with Gasteiger partial charge >= 0.3 is 12.1 Å². The highest BCUT2D eigenvalue weighted by atomic mass is 16.6. The minimum absolute atomic E-state index is 0.122. The first-order valence-corrected chi connectivity index (χ1v) is 6.67. The summed E-state index contributed by atoms with van der Waals surface area (Å²) >= 11 is 0. The van der Waals surface area contributed by atoms with Crippen molar-refractivity contribution in [1.29, 1.82) is 0 Å². The molecule has 0 aliphatic carbocycles. The number of carbonyl (C=O) groups is 2. The number of carboxylic acids is 1.